The van der Waals surface area contributed by atoms with E-state index in [2.05, 4.69) is 99.6 Å². The van der Waals surface area contributed by atoms with Crippen LogP contribution in [0.2, 0.25) is 0 Å². The lowest BCUT2D eigenvalue weighted by Crippen LogP contribution is -2.35. The molecular formula is C46H58N14O4. The third kappa shape index (κ3) is 13.7. The highest BCUT2D eigenvalue weighted by Gasteiger charge is 2.16. The molecule has 0 atom stereocenters. The van der Waals surface area contributed by atoms with E-state index in [9.17, 15) is 19.2 Å². The summed E-state index contributed by atoms with van der Waals surface area (Å²) in [6.07, 6.45) is 1.50. The number of imidazole rings is 1. The van der Waals surface area contributed by atoms with Crippen molar-refractivity contribution in [1.29, 1.82) is 0 Å². The van der Waals surface area contributed by atoms with Gasteiger partial charge in [-0.25, -0.2) is 4.79 Å². The van der Waals surface area contributed by atoms with Crippen LogP contribution in [0.3, 0.4) is 0 Å². The number of para-hydroxylation sites is 1. The molecule has 0 aliphatic heterocycles. The first-order valence-electron chi connectivity index (χ1n) is 21.8. The number of aromatic nitrogens is 5. The lowest BCUT2D eigenvalue weighted by Gasteiger charge is -2.18. The molecule has 3 amide bonds. The van der Waals surface area contributed by atoms with Gasteiger partial charge >= 0.3 is 5.69 Å². The molecule has 0 aliphatic carbocycles. The Morgan fingerprint density at radius 3 is 1.69 bits per heavy atom. The van der Waals surface area contributed by atoms with Crippen LogP contribution in [0.25, 0.3) is 11.0 Å². The maximum absolute atomic E-state index is 13.6. The number of hydrogen-bond acceptors (Lipinski definition) is 13. The normalized spacial score (nSPS) is 11.2. The summed E-state index contributed by atoms with van der Waals surface area (Å²) in [6.45, 7) is 15.5. The number of carbonyl (C=O) groups excluding carboxylic acids is 3. The zero-order chi connectivity index (χ0) is 45.3. The SMILES string of the molecule is CCN(CC)CCCNC(=O)c1cc(NC(=O)c2ccc(Nc3nc(Nc4ccccc4)nc(Nc4ccc5[nH]c(=O)[nH]c5c4)n3)cc2)cc(C(=O)NCCCNCN(CC)CC)c1. The van der Waals surface area contributed by atoms with Crippen molar-refractivity contribution in [3.8, 4) is 0 Å². The number of aromatic amines is 2. The lowest BCUT2D eigenvalue weighted by molar-refractivity contribution is 0.0950. The maximum Gasteiger partial charge on any atom is 0.323 e. The highest BCUT2D eigenvalue weighted by Crippen LogP contribution is 2.23. The number of benzene rings is 4. The quantitative estimate of drug-likeness (QED) is 0.0252. The van der Waals surface area contributed by atoms with Gasteiger partial charge < -0.3 is 52.1 Å². The molecule has 336 valence electrons. The number of H-pyrrole nitrogens is 2. The van der Waals surface area contributed by atoms with E-state index in [4.69, 9.17) is 0 Å². The van der Waals surface area contributed by atoms with Gasteiger partial charge in [0.05, 0.1) is 11.0 Å². The fraction of sp³-hybridized carbons (Fsp3) is 0.326. The van der Waals surface area contributed by atoms with Gasteiger partial charge in [-0.1, -0.05) is 45.9 Å². The second-order valence-electron chi connectivity index (χ2n) is 14.9. The van der Waals surface area contributed by atoms with Crippen molar-refractivity contribution < 1.29 is 14.4 Å². The first kappa shape index (κ1) is 46.4. The van der Waals surface area contributed by atoms with E-state index < -0.39 is 5.91 Å². The number of nitrogens with zero attached hydrogens (tertiary/aromatic N) is 5. The van der Waals surface area contributed by atoms with Crippen LogP contribution in [0.5, 0.6) is 0 Å². The van der Waals surface area contributed by atoms with Crippen LogP contribution < -0.4 is 42.9 Å². The van der Waals surface area contributed by atoms with Crippen molar-refractivity contribution in [2.75, 3.05) is 80.3 Å². The van der Waals surface area contributed by atoms with Crippen molar-refractivity contribution in [3.05, 3.63) is 118 Å². The molecule has 18 nitrogen and oxygen atoms in total. The van der Waals surface area contributed by atoms with Crippen molar-refractivity contribution in [3.63, 3.8) is 0 Å². The second kappa shape index (κ2) is 23.3. The third-order valence-corrected chi connectivity index (χ3v) is 10.4. The first-order chi connectivity index (χ1) is 31.1. The van der Waals surface area contributed by atoms with Crippen molar-refractivity contribution in [2.45, 2.75) is 40.5 Å². The molecule has 9 N–H and O–H groups in total. The summed E-state index contributed by atoms with van der Waals surface area (Å²) in [5.74, 6) is -0.398. The fourth-order valence-electron chi connectivity index (χ4n) is 6.78. The Bertz CT molecular complexity index is 2520. The molecule has 6 rings (SSSR count). The van der Waals surface area contributed by atoms with Crippen LogP contribution >= 0.6 is 0 Å². The highest BCUT2D eigenvalue weighted by molar-refractivity contribution is 6.07. The summed E-state index contributed by atoms with van der Waals surface area (Å²) in [5.41, 5.74) is 4.14. The van der Waals surface area contributed by atoms with Gasteiger partial charge in [0.2, 0.25) is 17.8 Å². The van der Waals surface area contributed by atoms with Crippen molar-refractivity contribution in [2.24, 2.45) is 0 Å². The summed E-state index contributed by atoms with van der Waals surface area (Å²) >= 11 is 0. The van der Waals surface area contributed by atoms with Crippen LogP contribution in [0.4, 0.5) is 40.6 Å². The average molecular weight is 871 g/mol. The van der Waals surface area contributed by atoms with Gasteiger partial charge in [-0.15, -0.1) is 0 Å². The standard InChI is InChI=1S/C46H58N14O4/c1-5-59(6-2)25-13-24-49-41(62)33-26-32(40(61)48-23-12-22-47-30-60(7-3)8-4)27-37(28-33)50-42(63)31-16-18-35(19-17-31)52-44-56-43(51-34-14-10-9-11-15-34)57-45(58-44)53-36-20-21-38-39(29-36)55-46(64)54-38/h9-11,14-21,26-29,47H,5-8,12-13,22-25,30H2,1-4H3,(H,48,61)(H,49,62)(H,50,63)(H2,54,55,64)(H3,51,52,53,56,57,58). The van der Waals surface area contributed by atoms with E-state index in [0.29, 0.717) is 46.7 Å². The molecule has 0 fully saturated rings. The van der Waals surface area contributed by atoms with E-state index in [0.717, 1.165) is 64.5 Å². The van der Waals surface area contributed by atoms with Crippen molar-refractivity contribution >= 4 is 69.3 Å². The molecule has 0 bridgehead atoms. The minimum Gasteiger partial charge on any atom is -0.352 e. The van der Waals surface area contributed by atoms with Gasteiger partial charge in [-0.3, -0.25) is 19.3 Å². The van der Waals surface area contributed by atoms with Crippen LogP contribution in [0.1, 0.15) is 71.6 Å². The Morgan fingerprint density at radius 2 is 1.08 bits per heavy atom. The summed E-state index contributed by atoms with van der Waals surface area (Å²) in [5, 5.41) is 21.8. The fourth-order valence-corrected chi connectivity index (χ4v) is 6.78. The molecule has 0 saturated carbocycles. The summed E-state index contributed by atoms with van der Waals surface area (Å²) in [4.78, 5) is 76.0. The van der Waals surface area contributed by atoms with E-state index in [1.54, 1.807) is 60.7 Å². The predicted octanol–water partition coefficient (Wildman–Crippen LogP) is 5.99. The highest BCUT2D eigenvalue weighted by atomic mass is 16.2. The minimum absolute atomic E-state index is 0.217. The van der Waals surface area contributed by atoms with Gasteiger partial charge in [0, 0.05) is 59.2 Å². The lowest BCUT2D eigenvalue weighted by atomic mass is 10.1. The number of rotatable bonds is 24. The number of fused-ring (bicyclic) bond motifs is 1. The number of nitrogens with one attached hydrogen (secondary N) is 9. The monoisotopic (exact) mass is 870 g/mol. The molecule has 0 saturated heterocycles. The van der Waals surface area contributed by atoms with Crippen LogP contribution in [-0.2, 0) is 0 Å². The first-order valence-corrected chi connectivity index (χ1v) is 21.8. The second-order valence-corrected chi connectivity index (χ2v) is 14.9. The average Bonchev–Trinajstić information content (AvgIpc) is 3.68. The Balaban J connectivity index is 1.14. The summed E-state index contributed by atoms with van der Waals surface area (Å²) < 4.78 is 0. The topological polar surface area (TPSA) is 229 Å². The Hall–Kier alpha value is -7.15. The molecule has 0 spiro atoms. The smallest absolute Gasteiger partial charge is 0.323 e. The van der Waals surface area contributed by atoms with Crippen LogP contribution in [-0.4, -0.2) is 111 Å². The number of hydrogen-bond donors (Lipinski definition) is 9. The molecule has 6 aromatic rings. The zero-order valence-corrected chi connectivity index (χ0v) is 36.8. The third-order valence-electron chi connectivity index (χ3n) is 10.4. The molecule has 0 radical (unpaired) electrons. The van der Waals surface area contributed by atoms with Crippen molar-refractivity contribution in [1.82, 2.24) is 50.7 Å². The molecule has 0 unspecified atom stereocenters. The number of anilines is 7. The number of carbonyl (C=O) groups is 3. The van der Waals surface area contributed by atoms with E-state index in [-0.39, 0.29) is 46.5 Å². The van der Waals surface area contributed by atoms with Gasteiger partial charge in [0.1, 0.15) is 0 Å². The van der Waals surface area contributed by atoms with E-state index >= 15 is 0 Å². The molecule has 64 heavy (non-hydrogen) atoms. The molecule has 18 heteroatoms. The molecule has 2 aromatic heterocycles. The summed E-state index contributed by atoms with van der Waals surface area (Å²) in [7, 11) is 0. The molecule has 0 aliphatic rings. The number of amides is 3. The van der Waals surface area contributed by atoms with Crippen LogP contribution in [0.15, 0.2) is 95.8 Å². The maximum atomic E-state index is 13.6. The zero-order valence-electron chi connectivity index (χ0n) is 36.8. The Morgan fingerprint density at radius 1 is 0.531 bits per heavy atom. The molecular weight excluding hydrogens is 813 g/mol. The van der Waals surface area contributed by atoms with E-state index in [1.807, 2.05) is 30.3 Å². The van der Waals surface area contributed by atoms with Gasteiger partial charge in [0.25, 0.3) is 17.7 Å². The molecule has 4 aromatic carbocycles. The Labute approximate surface area is 372 Å². The van der Waals surface area contributed by atoms with Gasteiger partial charge in [-0.2, -0.15) is 15.0 Å². The van der Waals surface area contributed by atoms with Crippen LogP contribution in [0, 0.1) is 0 Å². The minimum atomic E-state index is -0.435. The largest absolute Gasteiger partial charge is 0.352 e. The predicted molar refractivity (Wildman–Crippen MR) is 253 cm³/mol. The molecule has 2 heterocycles. The van der Waals surface area contributed by atoms with Gasteiger partial charge in [0.15, 0.2) is 0 Å². The summed E-state index contributed by atoms with van der Waals surface area (Å²) in [6, 6.07) is 26.2. The van der Waals surface area contributed by atoms with Gasteiger partial charge in [-0.05, 0) is 125 Å². The Kier molecular flexibility index (Phi) is 16.9. The van der Waals surface area contributed by atoms with E-state index in [1.165, 1.54) is 0 Å².